The van der Waals surface area contributed by atoms with Crippen molar-refractivity contribution in [2.24, 2.45) is 0 Å². The normalized spacial score (nSPS) is 14.7. The molecule has 1 aliphatic heterocycles. The van der Waals surface area contributed by atoms with Crippen LogP contribution in [0.2, 0.25) is 0 Å². The van der Waals surface area contributed by atoms with Crippen molar-refractivity contribution in [3.05, 3.63) is 94.9 Å². The number of sulfonamides is 1. The number of pyridine rings is 1. The second kappa shape index (κ2) is 14.1. The van der Waals surface area contributed by atoms with E-state index in [1.54, 1.807) is 31.9 Å². The van der Waals surface area contributed by atoms with Gasteiger partial charge in [-0.3, -0.25) is 9.52 Å². The van der Waals surface area contributed by atoms with Crippen LogP contribution in [0.5, 0.6) is 0 Å². The number of carbonyl (C=O) groups is 2. The third-order valence-electron chi connectivity index (χ3n) is 7.94. The van der Waals surface area contributed by atoms with Gasteiger partial charge in [0.05, 0.1) is 21.7 Å². The van der Waals surface area contributed by atoms with Gasteiger partial charge < -0.3 is 25.3 Å². The number of hydrogen-bond acceptors (Lipinski definition) is 8. The first kappa shape index (κ1) is 36.9. The van der Waals surface area contributed by atoms with Crippen molar-refractivity contribution in [2.75, 3.05) is 17.8 Å². The fraction of sp³-hybridized carbons (Fsp3) is 0.294. The van der Waals surface area contributed by atoms with E-state index in [0.717, 1.165) is 12.3 Å². The highest BCUT2D eigenvalue weighted by molar-refractivity contribution is 7.92. The molecule has 0 atom stereocenters. The lowest BCUT2D eigenvalue weighted by Crippen LogP contribution is -2.45. The quantitative estimate of drug-likeness (QED) is 0.0831. The molecule has 2 aromatic heterocycles. The summed E-state index contributed by atoms with van der Waals surface area (Å²) in [4.78, 5) is 34.0. The molecule has 51 heavy (non-hydrogen) atoms. The first-order valence-electron chi connectivity index (χ1n) is 15.5. The van der Waals surface area contributed by atoms with Gasteiger partial charge in [0.1, 0.15) is 17.1 Å². The Morgan fingerprint density at radius 1 is 1.06 bits per heavy atom. The number of H-pyrrole nitrogens is 1. The Kier molecular flexibility index (Phi) is 10.2. The topological polar surface area (TPSA) is 157 Å². The van der Waals surface area contributed by atoms with Gasteiger partial charge >= 0.3 is 12.3 Å². The summed E-state index contributed by atoms with van der Waals surface area (Å²) in [5.74, 6) is -3.99. The molecule has 4 N–H and O–H groups in total. The highest BCUT2D eigenvalue weighted by atomic mass is 32.2. The molecule has 0 radical (unpaired) electrons. The van der Waals surface area contributed by atoms with Crippen LogP contribution in [0.3, 0.4) is 0 Å². The van der Waals surface area contributed by atoms with Crippen molar-refractivity contribution in [1.82, 2.24) is 20.2 Å². The number of piperidine rings is 1. The Morgan fingerprint density at radius 3 is 2.33 bits per heavy atom. The number of hydrogen-bond donors (Lipinski definition) is 4. The zero-order chi connectivity index (χ0) is 37.3. The number of ketones is 1. The van der Waals surface area contributed by atoms with Crippen LogP contribution in [0.15, 0.2) is 66.0 Å². The lowest BCUT2D eigenvalue weighted by molar-refractivity contribution is -0.137. The summed E-state index contributed by atoms with van der Waals surface area (Å²) in [7, 11) is -4.65. The zero-order valence-electron chi connectivity index (χ0n) is 27.5. The molecule has 1 saturated heterocycles. The summed E-state index contributed by atoms with van der Waals surface area (Å²) in [6, 6.07) is 5.34. The lowest BCUT2D eigenvalue weighted by atomic mass is 10.00. The summed E-state index contributed by atoms with van der Waals surface area (Å²) in [6.07, 6.45) is 1.41. The molecule has 0 saturated carbocycles. The highest BCUT2D eigenvalue weighted by Crippen LogP contribution is 2.32. The van der Waals surface area contributed by atoms with Crippen molar-refractivity contribution in [3.8, 4) is 0 Å². The molecule has 2 aromatic carbocycles. The number of aromatic amines is 1. The highest BCUT2D eigenvalue weighted by Gasteiger charge is 2.32. The molecular formula is C34H33F5N6O5S. The Bertz CT molecular complexity index is 2120. The van der Waals surface area contributed by atoms with Gasteiger partial charge in [-0.2, -0.15) is 13.2 Å². The van der Waals surface area contributed by atoms with Gasteiger partial charge in [-0.15, -0.1) is 0 Å². The molecular weight excluding hydrogens is 699 g/mol. The monoisotopic (exact) mass is 732 g/mol. The molecule has 1 aliphatic rings. The fourth-order valence-corrected chi connectivity index (χ4v) is 6.38. The Hall–Kier alpha value is -5.32. The summed E-state index contributed by atoms with van der Waals surface area (Å²) in [6.45, 7) is 6.31. The van der Waals surface area contributed by atoms with Gasteiger partial charge in [0.25, 0.3) is 10.0 Å². The van der Waals surface area contributed by atoms with Gasteiger partial charge in [-0.25, -0.2) is 27.0 Å². The summed E-state index contributed by atoms with van der Waals surface area (Å²) < 4.78 is 102. The van der Waals surface area contributed by atoms with Gasteiger partial charge in [0.15, 0.2) is 5.82 Å². The number of ether oxygens (including phenoxy) is 1. The molecule has 4 aromatic rings. The lowest BCUT2D eigenvalue weighted by Gasteiger charge is -2.33. The number of rotatable bonds is 9. The molecule has 0 aliphatic carbocycles. The molecule has 0 bridgehead atoms. The number of aromatic nitrogens is 2. The number of halogens is 5. The number of carbonyl (C=O) groups excluding carboxylic acids is 2. The average Bonchev–Trinajstić information content (AvgIpc) is 3.49. The minimum absolute atomic E-state index is 0.0189. The third-order valence-corrected chi connectivity index (χ3v) is 9.32. The summed E-state index contributed by atoms with van der Waals surface area (Å²) in [5.41, 5.74) is -2.86. The predicted molar refractivity (Wildman–Crippen MR) is 179 cm³/mol. The number of likely N-dealkylation sites (tertiary alicyclic amines) is 1. The Labute approximate surface area is 289 Å². The zero-order valence-corrected chi connectivity index (χ0v) is 28.3. The molecule has 0 unspecified atom stereocenters. The van der Waals surface area contributed by atoms with Crippen molar-refractivity contribution < 1.29 is 44.7 Å². The van der Waals surface area contributed by atoms with E-state index in [9.17, 15) is 31.2 Å². The fourth-order valence-electron chi connectivity index (χ4n) is 5.32. The molecule has 17 heteroatoms. The Morgan fingerprint density at radius 2 is 1.73 bits per heavy atom. The molecule has 1 fully saturated rings. The predicted octanol–water partition coefficient (Wildman–Crippen LogP) is 6.87. The number of nitrogens with zero attached hydrogens (tertiary/aromatic N) is 2. The minimum atomic E-state index is -4.72. The number of fused-ring (bicyclic) bond motifs is 1. The number of benzene rings is 2. The second-order valence-electron chi connectivity index (χ2n) is 12.7. The van der Waals surface area contributed by atoms with Crippen molar-refractivity contribution in [3.63, 3.8) is 0 Å². The van der Waals surface area contributed by atoms with Gasteiger partial charge in [-0.05, 0) is 76.1 Å². The largest absolute Gasteiger partial charge is 0.444 e. The van der Waals surface area contributed by atoms with Crippen LogP contribution in [0, 0.1) is 17.0 Å². The van der Waals surface area contributed by atoms with Crippen LogP contribution < -0.4 is 10.0 Å². The number of allylic oxidation sites excluding steroid dienone is 1. The van der Waals surface area contributed by atoms with Crippen LogP contribution in [-0.2, 0) is 20.9 Å². The molecule has 0 spiro atoms. The van der Waals surface area contributed by atoms with E-state index >= 15 is 8.78 Å². The maximum absolute atomic E-state index is 15.7. The van der Waals surface area contributed by atoms with Gasteiger partial charge in [0.2, 0.25) is 5.78 Å². The second-order valence-corrected chi connectivity index (χ2v) is 14.4. The van der Waals surface area contributed by atoms with Crippen LogP contribution >= 0.6 is 0 Å². The van der Waals surface area contributed by atoms with Crippen LogP contribution in [0.25, 0.3) is 16.6 Å². The number of anilines is 1. The van der Waals surface area contributed by atoms with E-state index < -0.39 is 60.9 Å². The SMILES string of the molecule is CC(C)(C)OC(=O)N1CCC(N/C=C(\C=N)c2cnc3[nH]cc(C(=O)c4c(F)ccc(NS(=O)(=O)c5ccc(C(F)(F)F)cc5)c4F)c3c2)CC1. The molecule has 1 amide bonds. The Balaban J connectivity index is 1.35. The maximum Gasteiger partial charge on any atom is 0.416 e. The molecule has 11 nitrogen and oxygen atoms in total. The summed E-state index contributed by atoms with van der Waals surface area (Å²) in [5, 5.41) is 11.4. The van der Waals surface area contributed by atoms with Gasteiger partial charge in [0, 0.05) is 66.0 Å². The van der Waals surface area contributed by atoms with E-state index in [1.165, 1.54) is 18.5 Å². The first-order valence-corrected chi connectivity index (χ1v) is 17.0. The smallest absolute Gasteiger partial charge is 0.416 e. The summed E-state index contributed by atoms with van der Waals surface area (Å²) >= 11 is 0. The number of alkyl halides is 3. The molecule has 5 rings (SSSR count). The standard InChI is InChI=1S/C34H33F5N6O5S/c1-33(2,3)50-32(47)45-12-10-22(11-13-45)41-17-20(15-40)19-14-24-25(18-43-31(24)42-16-19)30(46)28-26(35)8-9-27(29(28)36)44-51(48,49)23-6-4-21(5-7-23)34(37,38)39/h4-9,14-18,22,40-41,44H,10-13H2,1-3H3,(H,42,43)/b20-17+,40-15?. The number of amides is 1. The maximum atomic E-state index is 15.7. The van der Waals surface area contributed by atoms with Gasteiger partial charge in [-0.1, -0.05) is 0 Å². The van der Waals surface area contributed by atoms with Crippen molar-refractivity contribution in [1.29, 1.82) is 5.41 Å². The average molecular weight is 733 g/mol. The van der Waals surface area contributed by atoms with Crippen molar-refractivity contribution >= 4 is 50.4 Å². The number of nitrogens with one attached hydrogen (secondary N) is 4. The van der Waals surface area contributed by atoms with E-state index in [4.69, 9.17) is 10.1 Å². The van der Waals surface area contributed by atoms with E-state index in [2.05, 4.69) is 15.3 Å². The van der Waals surface area contributed by atoms with E-state index in [-0.39, 0.29) is 28.7 Å². The van der Waals surface area contributed by atoms with Crippen LogP contribution in [-0.4, -0.2) is 66.1 Å². The minimum Gasteiger partial charge on any atom is -0.444 e. The van der Waals surface area contributed by atoms with Crippen LogP contribution in [0.1, 0.15) is 60.7 Å². The molecule has 3 heterocycles. The van der Waals surface area contributed by atoms with Crippen LogP contribution in [0.4, 0.5) is 32.4 Å². The third kappa shape index (κ3) is 8.36. The van der Waals surface area contributed by atoms with Crippen molar-refractivity contribution in [2.45, 2.75) is 56.3 Å². The molecule has 270 valence electrons. The van der Waals surface area contributed by atoms with E-state index in [0.29, 0.717) is 67.4 Å². The first-order chi connectivity index (χ1) is 23.9. The van der Waals surface area contributed by atoms with E-state index in [1.807, 2.05) is 4.72 Å².